The molecule has 0 fully saturated rings. The Bertz CT molecular complexity index is 437. The largest absolute Gasteiger partial charge is 0.389 e. The molecular weight excluding hydrogens is 280 g/mol. The third kappa shape index (κ3) is 2.63. The first kappa shape index (κ1) is 12.8. The van der Waals surface area contributed by atoms with E-state index in [2.05, 4.69) is 39.6 Å². The molecular formula is C13H19BrN2O. The van der Waals surface area contributed by atoms with Crippen LogP contribution in [0.25, 0.3) is 0 Å². The highest BCUT2D eigenvalue weighted by Gasteiger charge is 2.18. The van der Waals surface area contributed by atoms with Crippen LogP contribution in [0.4, 0.5) is 0 Å². The SMILES string of the molecule is CCc1nn(CC)c(CC2=CC(O)CC2)c1Br. The van der Waals surface area contributed by atoms with Crippen molar-refractivity contribution in [1.82, 2.24) is 9.78 Å². The van der Waals surface area contributed by atoms with Gasteiger partial charge in [-0.3, -0.25) is 4.68 Å². The minimum atomic E-state index is -0.243. The van der Waals surface area contributed by atoms with E-state index >= 15 is 0 Å². The van der Waals surface area contributed by atoms with Gasteiger partial charge < -0.3 is 5.11 Å². The fraction of sp³-hybridized carbons (Fsp3) is 0.615. The van der Waals surface area contributed by atoms with E-state index in [1.54, 1.807) is 0 Å². The number of halogens is 1. The molecule has 0 saturated carbocycles. The zero-order valence-corrected chi connectivity index (χ0v) is 12.0. The molecule has 0 saturated heterocycles. The summed E-state index contributed by atoms with van der Waals surface area (Å²) in [4.78, 5) is 0. The van der Waals surface area contributed by atoms with Gasteiger partial charge in [-0.15, -0.1) is 0 Å². The Morgan fingerprint density at radius 2 is 2.29 bits per heavy atom. The topological polar surface area (TPSA) is 38.0 Å². The predicted octanol–water partition coefficient (Wildman–Crippen LogP) is 2.85. The molecule has 1 aliphatic rings. The molecule has 1 aromatic rings. The number of hydrogen-bond acceptors (Lipinski definition) is 2. The van der Waals surface area contributed by atoms with Crippen molar-refractivity contribution in [3.8, 4) is 0 Å². The molecule has 0 amide bonds. The summed E-state index contributed by atoms with van der Waals surface area (Å²) >= 11 is 3.65. The Hall–Kier alpha value is -0.610. The first-order valence-corrected chi connectivity index (χ1v) is 7.06. The van der Waals surface area contributed by atoms with E-state index in [4.69, 9.17) is 0 Å². The molecule has 94 valence electrons. The van der Waals surface area contributed by atoms with Crippen LogP contribution in [0.2, 0.25) is 0 Å². The summed E-state index contributed by atoms with van der Waals surface area (Å²) in [6.45, 7) is 5.12. The lowest BCUT2D eigenvalue weighted by molar-refractivity contribution is 0.223. The van der Waals surface area contributed by atoms with Crippen LogP contribution in [-0.4, -0.2) is 21.0 Å². The minimum Gasteiger partial charge on any atom is -0.389 e. The van der Waals surface area contributed by atoms with E-state index < -0.39 is 0 Å². The smallest absolute Gasteiger partial charge is 0.0766 e. The van der Waals surface area contributed by atoms with Gasteiger partial charge in [0, 0.05) is 13.0 Å². The summed E-state index contributed by atoms with van der Waals surface area (Å²) in [6.07, 6.45) is 5.47. The number of aliphatic hydroxyl groups is 1. The van der Waals surface area contributed by atoms with E-state index in [0.29, 0.717) is 0 Å². The Labute approximate surface area is 111 Å². The van der Waals surface area contributed by atoms with Crippen LogP contribution in [0.1, 0.15) is 38.1 Å². The van der Waals surface area contributed by atoms with Crippen molar-refractivity contribution >= 4 is 15.9 Å². The van der Waals surface area contributed by atoms with Gasteiger partial charge in [-0.05, 0) is 42.1 Å². The van der Waals surface area contributed by atoms with E-state index in [1.807, 2.05) is 6.08 Å². The number of aliphatic hydroxyl groups excluding tert-OH is 1. The van der Waals surface area contributed by atoms with Crippen molar-refractivity contribution in [3.63, 3.8) is 0 Å². The quantitative estimate of drug-likeness (QED) is 0.868. The molecule has 4 heteroatoms. The molecule has 0 aromatic carbocycles. The summed E-state index contributed by atoms with van der Waals surface area (Å²) in [5.74, 6) is 0. The van der Waals surface area contributed by atoms with Gasteiger partial charge in [0.15, 0.2) is 0 Å². The van der Waals surface area contributed by atoms with Gasteiger partial charge in [0.05, 0.1) is 22.0 Å². The fourth-order valence-corrected chi connectivity index (χ4v) is 3.03. The second-order valence-electron chi connectivity index (χ2n) is 4.48. The maximum absolute atomic E-state index is 9.51. The summed E-state index contributed by atoms with van der Waals surface area (Å²) in [5.41, 5.74) is 3.70. The Morgan fingerprint density at radius 1 is 1.53 bits per heavy atom. The summed E-state index contributed by atoms with van der Waals surface area (Å²) < 4.78 is 3.21. The molecule has 1 heterocycles. The number of rotatable bonds is 4. The van der Waals surface area contributed by atoms with Gasteiger partial charge in [0.1, 0.15) is 0 Å². The summed E-state index contributed by atoms with van der Waals surface area (Å²) in [7, 11) is 0. The second kappa shape index (κ2) is 5.36. The van der Waals surface area contributed by atoms with Gasteiger partial charge in [-0.1, -0.05) is 18.6 Å². The molecule has 1 aliphatic carbocycles. The highest BCUT2D eigenvalue weighted by molar-refractivity contribution is 9.10. The molecule has 0 spiro atoms. The average molecular weight is 299 g/mol. The molecule has 1 N–H and O–H groups in total. The summed E-state index contributed by atoms with van der Waals surface area (Å²) in [5, 5.41) is 14.1. The highest BCUT2D eigenvalue weighted by Crippen LogP contribution is 2.28. The third-order valence-corrected chi connectivity index (χ3v) is 4.19. The van der Waals surface area contributed by atoms with Gasteiger partial charge in [0.25, 0.3) is 0 Å². The van der Waals surface area contributed by atoms with Gasteiger partial charge in [-0.2, -0.15) is 5.10 Å². The fourth-order valence-electron chi connectivity index (χ4n) is 2.32. The highest BCUT2D eigenvalue weighted by atomic mass is 79.9. The molecule has 3 nitrogen and oxygen atoms in total. The zero-order valence-electron chi connectivity index (χ0n) is 10.4. The van der Waals surface area contributed by atoms with Crippen LogP contribution in [0.3, 0.4) is 0 Å². The van der Waals surface area contributed by atoms with Crippen molar-refractivity contribution in [3.05, 3.63) is 27.5 Å². The van der Waals surface area contributed by atoms with Crippen LogP contribution < -0.4 is 0 Å². The van der Waals surface area contributed by atoms with E-state index in [9.17, 15) is 5.11 Å². The van der Waals surface area contributed by atoms with Crippen LogP contribution in [0, 0.1) is 0 Å². The minimum absolute atomic E-state index is 0.243. The molecule has 1 aromatic heterocycles. The lowest BCUT2D eigenvalue weighted by atomic mass is 10.1. The molecule has 0 bridgehead atoms. The van der Waals surface area contributed by atoms with E-state index in [-0.39, 0.29) is 6.10 Å². The Morgan fingerprint density at radius 3 is 2.82 bits per heavy atom. The molecule has 1 atom stereocenters. The number of nitrogens with zero attached hydrogens (tertiary/aromatic N) is 2. The third-order valence-electron chi connectivity index (χ3n) is 3.28. The van der Waals surface area contributed by atoms with Gasteiger partial charge in [-0.25, -0.2) is 0 Å². The normalized spacial score (nSPS) is 19.8. The Kier molecular flexibility index (Phi) is 4.05. The lowest BCUT2D eigenvalue weighted by Crippen LogP contribution is -2.04. The second-order valence-corrected chi connectivity index (χ2v) is 5.28. The predicted molar refractivity (Wildman–Crippen MR) is 72.0 cm³/mol. The van der Waals surface area contributed by atoms with Crippen molar-refractivity contribution in [1.29, 1.82) is 0 Å². The van der Waals surface area contributed by atoms with Gasteiger partial charge in [0.2, 0.25) is 0 Å². The number of aryl methyl sites for hydroxylation is 2. The standard InChI is InChI=1S/C13H19BrN2O/c1-3-11-13(14)12(16(4-2)15-11)8-9-5-6-10(17)7-9/h7,10,17H,3-6,8H2,1-2H3. The maximum atomic E-state index is 9.51. The van der Waals surface area contributed by atoms with Crippen LogP contribution in [0.5, 0.6) is 0 Å². The summed E-state index contributed by atoms with van der Waals surface area (Å²) in [6, 6.07) is 0. The van der Waals surface area contributed by atoms with Crippen LogP contribution in [0.15, 0.2) is 16.1 Å². The number of allylic oxidation sites excluding steroid dienone is 1. The lowest BCUT2D eigenvalue weighted by Gasteiger charge is -2.06. The molecule has 1 unspecified atom stereocenters. The van der Waals surface area contributed by atoms with Crippen molar-refractivity contribution in [2.75, 3.05) is 0 Å². The molecule has 0 aliphatic heterocycles. The van der Waals surface area contributed by atoms with Gasteiger partial charge >= 0.3 is 0 Å². The first-order chi connectivity index (χ1) is 8.15. The number of hydrogen-bond donors (Lipinski definition) is 1. The molecule has 17 heavy (non-hydrogen) atoms. The Balaban J connectivity index is 2.25. The average Bonchev–Trinajstić information content (AvgIpc) is 2.85. The first-order valence-electron chi connectivity index (χ1n) is 6.27. The van der Waals surface area contributed by atoms with E-state index in [1.165, 1.54) is 11.3 Å². The van der Waals surface area contributed by atoms with E-state index in [0.717, 1.165) is 42.4 Å². The zero-order chi connectivity index (χ0) is 12.4. The monoisotopic (exact) mass is 298 g/mol. The van der Waals surface area contributed by atoms with Crippen LogP contribution in [-0.2, 0) is 19.4 Å². The number of aromatic nitrogens is 2. The van der Waals surface area contributed by atoms with Crippen molar-refractivity contribution < 1.29 is 5.11 Å². The maximum Gasteiger partial charge on any atom is 0.0766 e. The molecule has 2 rings (SSSR count). The van der Waals surface area contributed by atoms with Crippen molar-refractivity contribution in [2.24, 2.45) is 0 Å². The van der Waals surface area contributed by atoms with Crippen molar-refractivity contribution in [2.45, 2.75) is 52.2 Å². The van der Waals surface area contributed by atoms with Crippen LogP contribution >= 0.6 is 15.9 Å². The molecule has 0 radical (unpaired) electrons.